The molecule has 66 valence electrons. The molecule has 0 aliphatic heterocycles. The minimum Gasteiger partial charge on any atom is -0.377 e. The maximum absolute atomic E-state index is 5.49. The van der Waals surface area contributed by atoms with E-state index in [0.717, 1.165) is 23.7 Å². The molecule has 2 fully saturated rings. The normalized spacial score (nSPS) is 54.9. The van der Waals surface area contributed by atoms with Crippen LogP contribution in [0.2, 0.25) is 0 Å². The molecule has 0 aromatic rings. The summed E-state index contributed by atoms with van der Waals surface area (Å²) < 4.78 is 5.49. The summed E-state index contributed by atoms with van der Waals surface area (Å²) in [6.07, 6.45) is 9.59. The van der Waals surface area contributed by atoms with Gasteiger partial charge in [-0.2, -0.15) is 0 Å². The predicted molar refractivity (Wildman–Crippen MR) is 47.7 cm³/mol. The monoisotopic (exact) mass is 164 g/mol. The van der Waals surface area contributed by atoms with Crippen molar-refractivity contribution >= 4 is 0 Å². The summed E-state index contributed by atoms with van der Waals surface area (Å²) in [6, 6.07) is 0. The highest BCUT2D eigenvalue weighted by atomic mass is 16.5. The van der Waals surface area contributed by atoms with E-state index in [1.54, 1.807) is 0 Å². The molecule has 0 N–H and O–H groups in total. The molecule has 3 rings (SSSR count). The van der Waals surface area contributed by atoms with Gasteiger partial charge < -0.3 is 4.74 Å². The molecular formula is C11H16O. The van der Waals surface area contributed by atoms with Crippen molar-refractivity contribution in [2.45, 2.75) is 25.4 Å². The number of ether oxygens (including phenoxy) is 1. The first-order valence-electron chi connectivity index (χ1n) is 5.11. The van der Waals surface area contributed by atoms with Crippen molar-refractivity contribution in [3.63, 3.8) is 0 Å². The zero-order valence-electron chi connectivity index (χ0n) is 7.57. The van der Waals surface area contributed by atoms with E-state index in [4.69, 9.17) is 4.74 Å². The average molecular weight is 164 g/mol. The molecule has 12 heavy (non-hydrogen) atoms. The van der Waals surface area contributed by atoms with E-state index in [0.29, 0.717) is 6.10 Å². The Bertz CT molecular complexity index is 221. The third-order valence-electron chi connectivity index (χ3n) is 4.22. The van der Waals surface area contributed by atoms with Crippen molar-refractivity contribution in [3.8, 4) is 0 Å². The predicted octanol–water partition coefficient (Wildman–Crippen LogP) is 2.23. The molecular weight excluding hydrogens is 148 g/mol. The maximum Gasteiger partial charge on any atom is 0.0788 e. The lowest BCUT2D eigenvalue weighted by atomic mass is 9.80. The van der Waals surface area contributed by atoms with Gasteiger partial charge in [0.15, 0.2) is 0 Å². The van der Waals surface area contributed by atoms with Gasteiger partial charge in [-0.15, -0.1) is 0 Å². The number of rotatable bonds is 1. The fraction of sp³-hybridized carbons (Fsp3) is 0.818. The van der Waals surface area contributed by atoms with Crippen LogP contribution in [0, 0.1) is 23.7 Å². The van der Waals surface area contributed by atoms with Crippen molar-refractivity contribution in [3.05, 3.63) is 12.2 Å². The molecule has 0 aromatic carbocycles. The van der Waals surface area contributed by atoms with Gasteiger partial charge in [0.2, 0.25) is 0 Å². The highest BCUT2D eigenvalue weighted by molar-refractivity contribution is 5.16. The average Bonchev–Trinajstić information content (AvgIpc) is 2.76. The first kappa shape index (κ1) is 7.14. The lowest BCUT2D eigenvalue weighted by molar-refractivity contribution is 0.0592. The van der Waals surface area contributed by atoms with E-state index in [1.165, 1.54) is 19.3 Å². The number of hydrogen-bond donors (Lipinski definition) is 0. The molecule has 1 nitrogen and oxygen atoms in total. The first-order valence-corrected chi connectivity index (χ1v) is 5.11. The molecule has 0 aromatic heterocycles. The Morgan fingerprint density at radius 3 is 2.83 bits per heavy atom. The Morgan fingerprint density at radius 1 is 1.17 bits per heavy atom. The van der Waals surface area contributed by atoms with Crippen molar-refractivity contribution in [2.75, 3.05) is 7.11 Å². The Morgan fingerprint density at radius 2 is 2.00 bits per heavy atom. The minimum atomic E-state index is 0.449. The highest BCUT2D eigenvalue weighted by Crippen LogP contribution is 2.56. The molecule has 3 unspecified atom stereocenters. The molecule has 5 atom stereocenters. The van der Waals surface area contributed by atoms with Gasteiger partial charge in [-0.3, -0.25) is 0 Å². The van der Waals surface area contributed by atoms with Crippen LogP contribution in [-0.4, -0.2) is 13.2 Å². The van der Waals surface area contributed by atoms with Crippen molar-refractivity contribution < 1.29 is 4.74 Å². The number of hydrogen-bond acceptors (Lipinski definition) is 1. The van der Waals surface area contributed by atoms with Crippen molar-refractivity contribution in [2.24, 2.45) is 23.7 Å². The molecule has 2 saturated carbocycles. The molecule has 0 amide bonds. The summed E-state index contributed by atoms with van der Waals surface area (Å²) in [7, 11) is 1.85. The van der Waals surface area contributed by atoms with E-state index in [1.807, 2.05) is 7.11 Å². The van der Waals surface area contributed by atoms with E-state index >= 15 is 0 Å². The summed E-state index contributed by atoms with van der Waals surface area (Å²) in [5.74, 6) is 3.73. The van der Waals surface area contributed by atoms with Gasteiger partial charge in [-0.25, -0.2) is 0 Å². The SMILES string of the molecule is COC1C=CC2C1[C@@H]1CC[C@H]2C1. The quantitative estimate of drug-likeness (QED) is 0.540. The van der Waals surface area contributed by atoms with E-state index in [-0.39, 0.29) is 0 Å². The highest BCUT2D eigenvalue weighted by Gasteiger charge is 2.51. The van der Waals surface area contributed by atoms with Crippen LogP contribution in [0.25, 0.3) is 0 Å². The fourth-order valence-electron chi connectivity index (χ4n) is 3.75. The Kier molecular flexibility index (Phi) is 1.40. The molecule has 0 radical (unpaired) electrons. The van der Waals surface area contributed by atoms with Crippen molar-refractivity contribution in [1.82, 2.24) is 0 Å². The van der Waals surface area contributed by atoms with Crippen LogP contribution in [0.4, 0.5) is 0 Å². The number of fused-ring (bicyclic) bond motifs is 5. The lowest BCUT2D eigenvalue weighted by Crippen LogP contribution is -2.27. The van der Waals surface area contributed by atoms with Crippen LogP contribution in [0.15, 0.2) is 12.2 Å². The molecule has 0 heterocycles. The summed E-state index contributed by atoms with van der Waals surface area (Å²) in [5, 5.41) is 0. The summed E-state index contributed by atoms with van der Waals surface area (Å²) in [4.78, 5) is 0. The Balaban J connectivity index is 1.89. The smallest absolute Gasteiger partial charge is 0.0788 e. The van der Waals surface area contributed by atoms with E-state index < -0.39 is 0 Å². The standard InChI is InChI=1S/C11H16O/c1-12-10-5-4-9-7-2-3-8(6-7)11(9)10/h4-5,7-11H,2-3,6H2,1H3/t7-,8+,9?,10?,11?/m0/s1. The van der Waals surface area contributed by atoms with Gasteiger partial charge in [-0.05, 0) is 42.9 Å². The molecule has 1 heteroatoms. The first-order chi connectivity index (χ1) is 5.90. The van der Waals surface area contributed by atoms with Crippen LogP contribution < -0.4 is 0 Å². The molecule has 0 saturated heterocycles. The second-order valence-corrected chi connectivity index (χ2v) is 4.57. The zero-order valence-corrected chi connectivity index (χ0v) is 7.57. The summed E-state index contributed by atoms with van der Waals surface area (Å²) in [5.41, 5.74) is 0. The molecule has 2 bridgehead atoms. The molecule has 3 aliphatic carbocycles. The van der Waals surface area contributed by atoms with Gasteiger partial charge in [0.25, 0.3) is 0 Å². The Hall–Kier alpha value is -0.300. The zero-order chi connectivity index (χ0) is 8.13. The second kappa shape index (κ2) is 2.35. The van der Waals surface area contributed by atoms with Gasteiger partial charge >= 0.3 is 0 Å². The minimum absolute atomic E-state index is 0.449. The third-order valence-corrected chi connectivity index (χ3v) is 4.22. The topological polar surface area (TPSA) is 9.23 Å². The summed E-state index contributed by atoms with van der Waals surface area (Å²) in [6.45, 7) is 0. The lowest BCUT2D eigenvalue weighted by Gasteiger charge is -2.28. The van der Waals surface area contributed by atoms with Gasteiger partial charge in [0.05, 0.1) is 6.10 Å². The van der Waals surface area contributed by atoms with Crippen molar-refractivity contribution in [1.29, 1.82) is 0 Å². The van der Waals surface area contributed by atoms with E-state index in [2.05, 4.69) is 12.2 Å². The fourth-order valence-corrected chi connectivity index (χ4v) is 3.75. The largest absolute Gasteiger partial charge is 0.377 e. The van der Waals surface area contributed by atoms with Crippen LogP contribution in [-0.2, 0) is 4.74 Å². The Labute approximate surface area is 73.8 Å². The van der Waals surface area contributed by atoms with Gasteiger partial charge in [0, 0.05) is 7.11 Å². The van der Waals surface area contributed by atoms with Crippen LogP contribution in [0.3, 0.4) is 0 Å². The van der Waals surface area contributed by atoms with Crippen LogP contribution >= 0.6 is 0 Å². The summed E-state index contributed by atoms with van der Waals surface area (Å²) >= 11 is 0. The third kappa shape index (κ3) is 0.731. The van der Waals surface area contributed by atoms with Gasteiger partial charge in [-0.1, -0.05) is 12.2 Å². The van der Waals surface area contributed by atoms with Gasteiger partial charge in [0.1, 0.15) is 0 Å². The van der Waals surface area contributed by atoms with Crippen LogP contribution in [0.1, 0.15) is 19.3 Å². The molecule has 0 spiro atoms. The molecule has 3 aliphatic rings. The second-order valence-electron chi connectivity index (χ2n) is 4.57. The number of allylic oxidation sites excluding steroid dienone is 1. The number of methoxy groups -OCH3 is 1. The maximum atomic E-state index is 5.49. The van der Waals surface area contributed by atoms with E-state index in [9.17, 15) is 0 Å². The van der Waals surface area contributed by atoms with Crippen LogP contribution in [0.5, 0.6) is 0 Å².